The first kappa shape index (κ1) is 7.15. The van der Waals surface area contributed by atoms with Crippen LogP contribution >= 0.6 is 0 Å². The molecule has 3 nitrogen and oxygen atoms in total. The number of carbonyl (C=O) groups is 1. The van der Waals surface area contributed by atoms with Crippen molar-refractivity contribution in [3.63, 3.8) is 0 Å². The number of aliphatic hydroxyl groups excluding tert-OH is 1. The highest BCUT2D eigenvalue weighted by atomic mass is 16.3. The Morgan fingerprint density at radius 3 is 2.90 bits per heavy atom. The molecular formula is C7H9NO2. The summed E-state index contributed by atoms with van der Waals surface area (Å²) in [5.41, 5.74) is 1.36. The molecule has 0 amide bonds. The van der Waals surface area contributed by atoms with Crippen molar-refractivity contribution in [3.8, 4) is 0 Å². The maximum absolute atomic E-state index is 10.7. The van der Waals surface area contributed by atoms with E-state index < -0.39 is 0 Å². The van der Waals surface area contributed by atoms with Gasteiger partial charge in [-0.15, -0.1) is 0 Å². The van der Waals surface area contributed by atoms with Gasteiger partial charge in [0.05, 0.1) is 12.3 Å². The van der Waals surface area contributed by atoms with Crippen molar-refractivity contribution in [1.82, 2.24) is 0 Å². The van der Waals surface area contributed by atoms with Gasteiger partial charge in [-0.2, -0.15) is 0 Å². The number of Topliss-reactive ketones (excluding diaryl/α,β-unsaturated/α-hetero) is 1. The fraction of sp³-hybridized carbons (Fsp3) is 0.429. The number of carbonyl (C=O) groups excluding carboxylic acids is 1. The molecule has 0 radical (unpaired) electrons. The van der Waals surface area contributed by atoms with Gasteiger partial charge in [0, 0.05) is 19.5 Å². The van der Waals surface area contributed by atoms with Crippen LogP contribution in [0.1, 0.15) is 13.3 Å². The first-order valence-corrected chi connectivity index (χ1v) is 3.10. The lowest BCUT2D eigenvalue weighted by Gasteiger charge is -1.93. The van der Waals surface area contributed by atoms with Crippen molar-refractivity contribution in [1.29, 1.82) is 0 Å². The molecule has 0 aromatic carbocycles. The van der Waals surface area contributed by atoms with Crippen molar-refractivity contribution in [3.05, 3.63) is 11.8 Å². The largest absolute Gasteiger partial charge is 0.392 e. The fourth-order valence-electron chi connectivity index (χ4n) is 0.788. The van der Waals surface area contributed by atoms with Crippen LogP contribution in [0.4, 0.5) is 0 Å². The van der Waals surface area contributed by atoms with Crippen molar-refractivity contribution >= 4 is 11.5 Å². The average molecular weight is 139 g/mol. The van der Waals surface area contributed by atoms with Gasteiger partial charge in [0.2, 0.25) is 0 Å². The van der Waals surface area contributed by atoms with Crippen LogP contribution in [0.2, 0.25) is 0 Å². The molecular weight excluding hydrogens is 130 g/mol. The zero-order valence-electron chi connectivity index (χ0n) is 5.79. The highest BCUT2D eigenvalue weighted by Crippen LogP contribution is 2.10. The van der Waals surface area contributed by atoms with Crippen LogP contribution in [0.5, 0.6) is 0 Å². The van der Waals surface area contributed by atoms with Gasteiger partial charge in [-0.05, 0) is 5.57 Å². The SMILES string of the molecule is CC(=O)C1=NC=C(CO)C1. The Balaban J connectivity index is 2.56. The molecule has 1 aliphatic heterocycles. The molecule has 0 saturated heterocycles. The highest BCUT2D eigenvalue weighted by Gasteiger charge is 2.12. The van der Waals surface area contributed by atoms with Gasteiger partial charge >= 0.3 is 0 Å². The van der Waals surface area contributed by atoms with E-state index in [2.05, 4.69) is 4.99 Å². The van der Waals surface area contributed by atoms with Gasteiger partial charge in [-0.25, -0.2) is 0 Å². The molecule has 0 aromatic rings. The molecule has 0 fully saturated rings. The van der Waals surface area contributed by atoms with Crippen molar-refractivity contribution in [2.24, 2.45) is 4.99 Å². The molecule has 0 aromatic heterocycles. The Morgan fingerprint density at radius 1 is 1.90 bits per heavy atom. The molecule has 0 saturated carbocycles. The highest BCUT2D eigenvalue weighted by molar-refractivity contribution is 6.40. The van der Waals surface area contributed by atoms with E-state index in [0.717, 1.165) is 5.57 Å². The third kappa shape index (κ3) is 1.30. The van der Waals surface area contributed by atoms with Gasteiger partial charge in [0.15, 0.2) is 5.78 Å². The lowest BCUT2D eigenvalue weighted by atomic mass is 10.1. The summed E-state index contributed by atoms with van der Waals surface area (Å²) >= 11 is 0. The summed E-state index contributed by atoms with van der Waals surface area (Å²) < 4.78 is 0. The molecule has 0 bridgehead atoms. The molecule has 0 atom stereocenters. The monoisotopic (exact) mass is 139 g/mol. The number of aliphatic imine (C=N–C) groups is 1. The Bertz CT molecular complexity index is 216. The summed E-state index contributed by atoms with van der Waals surface area (Å²) in [6, 6.07) is 0. The zero-order chi connectivity index (χ0) is 7.56. The third-order valence-electron chi connectivity index (χ3n) is 1.41. The van der Waals surface area contributed by atoms with E-state index in [1.54, 1.807) is 6.20 Å². The molecule has 3 heteroatoms. The summed E-state index contributed by atoms with van der Waals surface area (Å²) in [4.78, 5) is 14.5. The van der Waals surface area contributed by atoms with Gasteiger partial charge in [-0.1, -0.05) is 0 Å². The Kier molecular flexibility index (Phi) is 1.97. The summed E-state index contributed by atoms with van der Waals surface area (Å²) in [6.45, 7) is 1.48. The Morgan fingerprint density at radius 2 is 2.60 bits per heavy atom. The van der Waals surface area contributed by atoms with Gasteiger partial charge in [-0.3, -0.25) is 9.79 Å². The number of ketones is 1. The number of hydrogen-bond donors (Lipinski definition) is 1. The summed E-state index contributed by atoms with van der Waals surface area (Å²) in [6.07, 6.45) is 2.07. The maximum Gasteiger partial charge on any atom is 0.174 e. The van der Waals surface area contributed by atoms with Gasteiger partial charge in [0.1, 0.15) is 0 Å². The quantitative estimate of drug-likeness (QED) is 0.598. The van der Waals surface area contributed by atoms with Crippen LogP contribution in [-0.4, -0.2) is 23.2 Å². The van der Waals surface area contributed by atoms with Crippen molar-refractivity contribution in [2.45, 2.75) is 13.3 Å². The van der Waals surface area contributed by atoms with E-state index >= 15 is 0 Å². The standard InChI is InChI=1S/C7H9NO2/c1-5(10)7-2-6(4-9)3-8-7/h3,9H,2,4H2,1H3. The summed E-state index contributed by atoms with van der Waals surface area (Å²) in [5, 5.41) is 8.61. The predicted octanol–water partition coefficient (Wildman–Crippen LogP) is 0.296. The number of nitrogens with zero attached hydrogens (tertiary/aromatic N) is 1. The lowest BCUT2D eigenvalue weighted by Crippen LogP contribution is -2.07. The van der Waals surface area contributed by atoms with Gasteiger partial charge in [0.25, 0.3) is 0 Å². The molecule has 0 spiro atoms. The number of hydrogen-bond acceptors (Lipinski definition) is 3. The first-order chi connectivity index (χ1) is 4.74. The predicted molar refractivity (Wildman–Crippen MR) is 37.9 cm³/mol. The lowest BCUT2D eigenvalue weighted by molar-refractivity contribution is -0.111. The fourth-order valence-corrected chi connectivity index (χ4v) is 0.788. The smallest absolute Gasteiger partial charge is 0.174 e. The van der Waals surface area contributed by atoms with E-state index in [1.807, 2.05) is 0 Å². The normalized spacial score (nSPS) is 16.6. The van der Waals surface area contributed by atoms with Crippen molar-refractivity contribution < 1.29 is 9.90 Å². The molecule has 1 heterocycles. The molecule has 0 aliphatic carbocycles. The molecule has 1 aliphatic rings. The number of rotatable bonds is 2. The molecule has 1 N–H and O–H groups in total. The Hall–Kier alpha value is -0.960. The van der Waals surface area contributed by atoms with E-state index in [-0.39, 0.29) is 12.4 Å². The zero-order valence-corrected chi connectivity index (χ0v) is 5.79. The van der Waals surface area contributed by atoms with Crippen LogP contribution < -0.4 is 0 Å². The first-order valence-electron chi connectivity index (χ1n) is 3.10. The van der Waals surface area contributed by atoms with Crippen LogP contribution in [0.15, 0.2) is 16.8 Å². The third-order valence-corrected chi connectivity index (χ3v) is 1.41. The second-order valence-electron chi connectivity index (χ2n) is 2.25. The maximum atomic E-state index is 10.7. The van der Waals surface area contributed by atoms with Crippen molar-refractivity contribution in [2.75, 3.05) is 6.61 Å². The molecule has 0 unspecified atom stereocenters. The van der Waals surface area contributed by atoms with E-state index in [9.17, 15) is 4.79 Å². The topological polar surface area (TPSA) is 49.7 Å². The Labute approximate surface area is 59.1 Å². The van der Waals surface area contributed by atoms with Crippen LogP contribution in [0, 0.1) is 0 Å². The van der Waals surface area contributed by atoms with Gasteiger partial charge < -0.3 is 5.11 Å². The minimum Gasteiger partial charge on any atom is -0.392 e. The van der Waals surface area contributed by atoms with Crippen LogP contribution in [0.25, 0.3) is 0 Å². The van der Waals surface area contributed by atoms with Crippen LogP contribution in [0.3, 0.4) is 0 Å². The summed E-state index contributed by atoms with van der Waals surface area (Å²) in [7, 11) is 0. The molecule has 54 valence electrons. The second-order valence-corrected chi connectivity index (χ2v) is 2.25. The molecule has 10 heavy (non-hydrogen) atoms. The van der Waals surface area contributed by atoms with E-state index in [1.165, 1.54) is 6.92 Å². The van der Waals surface area contributed by atoms with E-state index in [0.29, 0.717) is 12.1 Å². The molecule has 1 rings (SSSR count). The average Bonchev–Trinajstić information content (AvgIpc) is 2.34. The summed E-state index contributed by atoms with van der Waals surface area (Å²) in [5.74, 6) is -0.0142. The second kappa shape index (κ2) is 2.75. The van der Waals surface area contributed by atoms with E-state index in [4.69, 9.17) is 5.11 Å². The van der Waals surface area contributed by atoms with Crippen LogP contribution in [-0.2, 0) is 4.79 Å². The minimum atomic E-state index is -0.0142. The minimum absolute atomic E-state index is 0.000278. The number of aliphatic hydroxyl groups is 1.